The number of ether oxygens (including phenoxy) is 2. The number of benzene rings is 2. The number of sulfone groups is 1. The summed E-state index contributed by atoms with van der Waals surface area (Å²) in [4.78, 5) is 40.8. The zero-order valence-electron chi connectivity index (χ0n) is 18.7. The summed E-state index contributed by atoms with van der Waals surface area (Å²) in [6.45, 7) is 1.73. The van der Waals surface area contributed by atoms with Gasteiger partial charge in [0.05, 0.1) is 41.0 Å². The van der Waals surface area contributed by atoms with Crippen LogP contribution in [-0.2, 0) is 41.2 Å². The molecule has 0 aliphatic heterocycles. The summed E-state index contributed by atoms with van der Waals surface area (Å²) in [6.07, 6.45) is -0.296. The molecule has 0 atom stereocenters. The van der Waals surface area contributed by atoms with E-state index in [1.54, 1.807) is 55.5 Å². The van der Waals surface area contributed by atoms with Crippen molar-refractivity contribution >= 4 is 49.2 Å². The lowest BCUT2D eigenvalue weighted by Crippen LogP contribution is -2.23. The quantitative estimate of drug-likeness (QED) is 0.411. The molecule has 0 fully saturated rings. The molecule has 0 saturated carbocycles. The van der Waals surface area contributed by atoms with Crippen LogP contribution in [0, 0.1) is 0 Å². The first-order valence-electron chi connectivity index (χ1n) is 10.4. The molecule has 1 amide bonds. The molecule has 0 saturated heterocycles. The summed E-state index contributed by atoms with van der Waals surface area (Å²) in [6, 6.07) is 13.5. The highest BCUT2D eigenvalue weighted by atomic mass is 32.2. The Bertz CT molecular complexity index is 1370. The SMILES string of the molecule is CCOC(=O)c1ccc2c(c1)sc(=NC(=O)CCS(=O)(=O)Cc1ccccc1)n2CC(=O)OC. The average molecular weight is 505 g/mol. The van der Waals surface area contributed by atoms with Crippen molar-refractivity contribution in [3.8, 4) is 0 Å². The molecule has 1 heterocycles. The highest BCUT2D eigenvalue weighted by Crippen LogP contribution is 2.20. The molecule has 0 unspecified atom stereocenters. The van der Waals surface area contributed by atoms with E-state index in [2.05, 4.69) is 4.99 Å². The number of fused-ring (bicyclic) bond motifs is 1. The van der Waals surface area contributed by atoms with E-state index >= 15 is 0 Å². The second-order valence-electron chi connectivity index (χ2n) is 7.28. The summed E-state index contributed by atoms with van der Waals surface area (Å²) in [7, 11) is -2.26. The van der Waals surface area contributed by atoms with Gasteiger partial charge in [0.15, 0.2) is 14.6 Å². The predicted molar refractivity (Wildman–Crippen MR) is 127 cm³/mol. The van der Waals surface area contributed by atoms with Crippen molar-refractivity contribution in [2.45, 2.75) is 25.6 Å². The van der Waals surface area contributed by atoms with Gasteiger partial charge in [0.1, 0.15) is 6.54 Å². The highest BCUT2D eigenvalue weighted by molar-refractivity contribution is 7.90. The maximum Gasteiger partial charge on any atom is 0.338 e. The van der Waals surface area contributed by atoms with Crippen LogP contribution in [0.15, 0.2) is 53.5 Å². The summed E-state index contributed by atoms with van der Waals surface area (Å²) in [5.41, 5.74) is 1.54. The van der Waals surface area contributed by atoms with E-state index in [-0.39, 0.29) is 35.9 Å². The lowest BCUT2D eigenvalue weighted by molar-refractivity contribution is -0.141. The van der Waals surface area contributed by atoms with Gasteiger partial charge in [-0.3, -0.25) is 9.59 Å². The molecule has 0 radical (unpaired) electrons. The standard InChI is InChI=1S/C23H24N2O7S2/c1-3-32-22(28)17-9-10-18-19(13-17)33-23(25(18)14-21(27)31-2)24-20(26)11-12-34(29,30)15-16-7-5-4-6-8-16/h4-10,13H,3,11-12,14-15H2,1-2H3. The minimum atomic E-state index is -3.51. The first kappa shape index (κ1) is 25.3. The summed E-state index contributed by atoms with van der Waals surface area (Å²) < 4.78 is 36.7. The Morgan fingerprint density at radius 1 is 1.09 bits per heavy atom. The van der Waals surface area contributed by atoms with E-state index in [1.807, 2.05) is 0 Å². The molecule has 3 aromatic rings. The van der Waals surface area contributed by atoms with Gasteiger partial charge in [-0.1, -0.05) is 41.7 Å². The van der Waals surface area contributed by atoms with Gasteiger partial charge in [0, 0.05) is 6.42 Å². The molecule has 0 N–H and O–H groups in total. The number of esters is 2. The van der Waals surface area contributed by atoms with Gasteiger partial charge in [-0.05, 0) is 30.7 Å². The Hall–Kier alpha value is -3.31. The Morgan fingerprint density at radius 3 is 2.50 bits per heavy atom. The maximum atomic E-state index is 12.5. The first-order valence-corrected chi connectivity index (χ1v) is 13.1. The van der Waals surface area contributed by atoms with Crippen LogP contribution in [0.3, 0.4) is 0 Å². The van der Waals surface area contributed by atoms with Gasteiger partial charge in [-0.2, -0.15) is 4.99 Å². The highest BCUT2D eigenvalue weighted by Gasteiger charge is 2.17. The predicted octanol–water partition coefficient (Wildman–Crippen LogP) is 2.48. The minimum Gasteiger partial charge on any atom is -0.468 e. The zero-order valence-corrected chi connectivity index (χ0v) is 20.4. The molecular formula is C23H24N2O7S2. The molecule has 34 heavy (non-hydrogen) atoms. The third-order valence-electron chi connectivity index (χ3n) is 4.79. The number of amides is 1. The molecule has 2 aromatic carbocycles. The van der Waals surface area contributed by atoms with Crippen molar-refractivity contribution in [3.05, 3.63) is 64.5 Å². The number of aromatic nitrogens is 1. The number of carbonyl (C=O) groups is 3. The number of hydrogen-bond acceptors (Lipinski definition) is 8. The van der Waals surface area contributed by atoms with Gasteiger partial charge in [-0.25, -0.2) is 13.2 Å². The number of nitrogens with zero attached hydrogens (tertiary/aromatic N) is 2. The van der Waals surface area contributed by atoms with Gasteiger partial charge < -0.3 is 14.0 Å². The summed E-state index contributed by atoms with van der Waals surface area (Å²) >= 11 is 1.10. The lowest BCUT2D eigenvalue weighted by Gasteiger charge is -2.05. The van der Waals surface area contributed by atoms with Crippen LogP contribution in [0.25, 0.3) is 10.2 Å². The van der Waals surface area contributed by atoms with Crippen molar-refractivity contribution in [2.75, 3.05) is 19.5 Å². The molecule has 9 nitrogen and oxygen atoms in total. The fraction of sp³-hybridized carbons (Fsp3) is 0.304. The molecule has 1 aromatic heterocycles. The van der Waals surface area contributed by atoms with Gasteiger partial charge in [0.25, 0.3) is 0 Å². The Kier molecular flexibility index (Phi) is 8.35. The van der Waals surface area contributed by atoms with Gasteiger partial charge >= 0.3 is 11.9 Å². The van der Waals surface area contributed by atoms with Crippen molar-refractivity contribution in [2.24, 2.45) is 4.99 Å². The van der Waals surface area contributed by atoms with Crippen molar-refractivity contribution in [1.82, 2.24) is 4.57 Å². The van der Waals surface area contributed by atoms with Crippen LogP contribution in [0.5, 0.6) is 0 Å². The Morgan fingerprint density at radius 2 is 1.82 bits per heavy atom. The van der Waals surface area contributed by atoms with E-state index in [0.717, 1.165) is 11.3 Å². The number of rotatable bonds is 9. The van der Waals surface area contributed by atoms with E-state index in [9.17, 15) is 22.8 Å². The molecule has 3 rings (SSSR count). The van der Waals surface area contributed by atoms with E-state index in [4.69, 9.17) is 9.47 Å². The molecule has 0 bridgehead atoms. The third-order valence-corrected chi connectivity index (χ3v) is 7.43. The smallest absolute Gasteiger partial charge is 0.338 e. The van der Waals surface area contributed by atoms with Gasteiger partial charge in [0.2, 0.25) is 5.91 Å². The van der Waals surface area contributed by atoms with Crippen LogP contribution in [-0.4, -0.2) is 50.3 Å². The minimum absolute atomic E-state index is 0.164. The number of hydrogen-bond donors (Lipinski definition) is 0. The van der Waals surface area contributed by atoms with Crippen molar-refractivity contribution in [1.29, 1.82) is 0 Å². The van der Waals surface area contributed by atoms with Crippen molar-refractivity contribution in [3.63, 3.8) is 0 Å². The normalized spacial score (nSPS) is 12.0. The number of methoxy groups -OCH3 is 1. The third kappa shape index (κ3) is 6.61. The number of thiazole rings is 1. The molecular weight excluding hydrogens is 480 g/mol. The topological polar surface area (TPSA) is 121 Å². The fourth-order valence-electron chi connectivity index (χ4n) is 3.15. The van der Waals surface area contributed by atoms with Crippen LogP contribution in [0.4, 0.5) is 0 Å². The lowest BCUT2D eigenvalue weighted by atomic mass is 10.2. The maximum absolute atomic E-state index is 12.5. The van der Waals surface area contributed by atoms with E-state index in [0.29, 0.717) is 21.3 Å². The van der Waals surface area contributed by atoms with Gasteiger partial charge in [-0.15, -0.1) is 0 Å². The molecule has 0 spiro atoms. The molecule has 180 valence electrons. The number of carbonyl (C=O) groups excluding carboxylic acids is 3. The summed E-state index contributed by atoms with van der Waals surface area (Å²) in [5, 5.41) is 0. The van der Waals surface area contributed by atoms with E-state index in [1.165, 1.54) is 11.7 Å². The van der Waals surface area contributed by atoms with Crippen LogP contribution in [0.1, 0.15) is 29.3 Å². The molecule has 0 aliphatic carbocycles. The summed E-state index contributed by atoms with van der Waals surface area (Å²) in [5.74, 6) is -2.18. The largest absolute Gasteiger partial charge is 0.468 e. The first-order chi connectivity index (χ1) is 16.2. The van der Waals surface area contributed by atoms with E-state index < -0.39 is 27.7 Å². The second-order valence-corrected chi connectivity index (χ2v) is 10.5. The Balaban J connectivity index is 1.87. The second kappa shape index (κ2) is 11.2. The fourth-order valence-corrected chi connectivity index (χ4v) is 5.57. The average Bonchev–Trinajstić information content (AvgIpc) is 3.14. The van der Waals surface area contributed by atoms with Crippen LogP contribution in [0.2, 0.25) is 0 Å². The van der Waals surface area contributed by atoms with Crippen LogP contribution >= 0.6 is 11.3 Å². The molecule has 0 aliphatic rings. The zero-order chi connectivity index (χ0) is 24.7. The molecule has 11 heteroatoms. The monoisotopic (exact) mass is 504 g/mol. The Labute approximate surface area is 200 Å². The van der Waals surface area contributed by atoms with Crippen molar-refractivity contribution < 1.29 is 32.3 Å². The van der Waals surface area contributed by atoms with Crippen LogP contribution < -0.4 is 4.80 Å².